The van der Waals surface area contributed by atoms with Gasteiger partial charge in [0, 0.05) is 55.9 Å². The highest BCUT2D eigenvalue weighted by Gasteiger charge is 2.34. The topological polar surface area (TPSA) is 65.5 Å². The van der Waals surface area contributed by atoms with Gasteiger partial charge in [-0.2, -0.15) is 17.0 Å². The number of halogens is 1. The van der Waals surface area contributed by atoms with Crippen molar-refractivity contribution in [2.45, 2.75) is 19.3 Å². The molecule has 2 heterocycles. The Morgan fingerprint density at radius 2 is 1.88 bits per heavy atom. The van der Waals surface area contributed by atoms with Crippen LogP contribution in [0.3, 0.4) is 0 Å². The maximum Gasteiger partial charge on any atom is 0.281 e. The molecule has 0 bridgehead atoms. The average Bonchev–Trinajstić information content (AvgIpc) is 3.07. The van der Waals surface area contributed by atoms with Crippen molar-refractivity contribution in [3.63, 3.8) is 0 Å². The maximum absolute atomic E-state index is 13.1. The third-order valence-electron chi connectivity index (χ3n) is 4.46. The number of anilines is 2. The van der Waals surface area contributed by atoms with E-state index in [1.165, 1.54) is 34.8 Å². The smallest absolute Gasteiger partial charge is 0.281 e. The van der Waals surface area contributed by atoms with E-state index in [1.54, 1.807) is 12.1 Å². The highest BCUT2D eigenvalue weighted by Crippen LogP contribution is 2.30. The van der Waals surface area contributed by atoms with Gasteiger partial charge in [-0.3, -0.25) is 4.98 Å². The number of aryl methyl sites for hydroxylation is 1. The van der Waals surface area contributed by atoms with E-state index in [4.69, 9.17) is 0 Å². The molecule has 0 radical (unpaired) electrons. The summed E-state index contributed by atoms with van der Waals surface area (Å²) in [5.41, 5.74) is 3.35. The molecular weight excluding hydrogens is 355 g/mol. The summed E-state index contributed by atoms with van der Waals surface area (Å²) in [6.45, 7) is 2.82. The molecule has 1 unspecified atom stereocenters. The fourth-order valence-electron chi connectivity index (χ4n) is 3.09. The van der Waals surface area contributed by atoms with Gasteiger partial charge in [-0.25, -0.2) is 4.39 Å². The van der Waals surface area contributed by atoms with Crippen LogP contribution in [0.4, 0.5) is 15.8 Å². The molecule has 1 aliphatic rings. The standard InChI is InChI=1S/C18H23FN4O2S/c1-13-10-17(21-16-6-4-15(19)5-7-16)11-18(20-13)14-8-9-23(12-14)26(24,25)22(2)3/h4-7,10-11,14H,8-9,12H2,1-3H3,(H,20,21). The molecule has 1 fully saturated rings. The lowest BCUT2D eigenvalue weighted by Crippen LogP contribution is -2.38. The van der Waals surface area contributed by atoms with Crippen LogP contribution in [-0.2, 0) is 10.2 Å². The van der Waals surface area contributed by atoms with Crippen molar-refractivity contribution in [3.05, 3.63) is 53.6 Å². The Morgan fingerprint density at radius 3 is 2.54 bits per heavy atom. The minimum Gasteiger partial charge on any atom is -0.355 e. The SMILES string of the molecule is Cc1cc(Nc2ccc(F)cc2)cc(C2CCN(S(=O)(=O)N(C)C)C2)n1. The van der Waals surface area contributed by atoms with E-state index in [9.17, 15) is 12.8 Å². The largest absolute Gasteiger partial charge is 0.355 e. The molecule has 0 aliphatic carbocycles. The highest BCUT2D eigenvalue weighted by molar-refractivity contribution is 7.86. The normalized spacial score (nSPS) is 18.4. The first-order valence-electron chi connectivity index (χ1n) is 8.44. The molecule has 3 rings (SSSR count). The third kappa shape index (κ3) is 4.03. The van der Waals surface area contributed by atoms with Crippen LogP contribution in [0, 0.1) is 12.7 Å². The molecule has 26 heavy (non-hydrogen) atoms. The number of hydrogen-bond acceptors (Lipinski definition) is 4. The Bertz CT molecular complexity index is 885. The van der Waals surface area contributed by atoms with E-state index in [0.29, 0.717) is 13.1 Å². The second-order valence-corrected chi connectivity index (χ2v) is 8.83. The first-order chi connectivity index (χ1) is 12.3. The Hall–Kier alpha value is -2.03. The second kappa shape index (κ2) is 7.30. The molecule has 140 valence electrons. The van der Waals surface area contributed by atoms with Gasteiger partial charge in [0.15, 0.2) is 0 Å². The number of aromatic nitrogens is 1. The van der Waals surface area contributed by atoms with Gasteiger partial charge in [0.05, 0.1) is 0 Å². The van der Waals surface area contributed by atoms with Gasteiger partial charge in [0.2, 0.25) is 0 Å². The Labute approximate surface area is 153 Å². The van der Waals surface area contributed by atoms with E-state index >= 15 is 0 Å². The van der Waals surface area contributed by atoms with Gasteiger partial charge in [-0.05, 0) is 49.7 Å². The van der Waals surface area contributed by atoms with Crippen LogP contribution in [-0.4, -0.2) is 49.2 Å². The zero-order chi connectivity index (χ0) is 18.9. The third-order valence-corrected chi connectivity index (χ3v) is 6.37. The molecule has 6 nitrogen and oxygen atoms in total. The Kier molecular flexibility index (Phi) is 5.27. The molecular formula is C18H23FN4O2S. The lowest BCUT2D eigenvalue weighted by molar-refractivity contribution is 0.418. The lowest BCUT2D eigenvalue weighted by Gasteiger charge is -2.21. The monoisotopic (exact) mass is 378 g/mol. The number of hydrogen-bond donors (Lipinski definition) is 1. The number of nitrogens with zero attached hydrogens (tertiary/aromatic N) is 3. The molecule has 1 aromatic carbocycles. The number of benzene rings is 1. The van der Waals surface area contributed by atoms with Crippen molar-refractivity contribution in [2.24, 2.45) is 0 Å². The van der Waals surface area contributed by atoms with Gasteiger partial charge in [0.1, 0.15) is 5.82 Å². The molecule has 1 aromatic heterocycles. The predicted octanol–water partition coefficient (Wildman–Crippen LogP) is 2.87. The average molecular weight is 378 g/mol. The van der Waals surface area contributed by atoms with Gasteiger partial charge in [-0.15, -0.1) is 0 Å². The summed E-state index contributed by atoms with van der Waals surface area (Å²) in [5, 5.41) is 3.25. The second-order valence-electron chi connectivity index (χ2n) is 6.69. The van der Waals surface area contributed by atoms with Crippen molar-refractivity contribution in [1.82, 2.24) is 13.6 Å². The van der Waals surface area contributed by atoms with Crippen LogP contribution >= 0.6 is 0 Å². The van der Waals surface area contributed by atoms with Crippen LogP contribution in [0.15, 0.2) is 36.4 Å². The quantitative estimate of drug-likeness (QED) is 0.869. The maximum atomic E-state index is 13.1. The summed E-state index contributed by atoms with van der Waals surface area (Å²) in [6.07, 6.45) is 0.736. The molecule has 2 aromatic rings. The molecule has 0 spiro atoms. The van der Waals surface area contributed by atoms with E-state index in [1.807, 2.05) is 19.1 Å². The lowest BCUT2D eigenvalue weighted by atomic mass is 10.0. The molecule has 1 aliphatic heterocycles. The Balaban J connectivity index is 1.79. The summed E-state index contributed by atoms with van der Waals surface area (Å²) in [6, 6.07) is 10.00. The minimum absolute atomic E-state index is 0.0541. The van der Waals surface area contributed by atoms with Crippen LogP contribution in [0.1, 0.15) is 23.7 Å². The van der Waals surface area contributed by atoms with Crippen LogP contribution < -0.4 is 5.32 Å². The summed E-state index contributed by atoms with van der Waals surface area (Å²) in [4.78, 5) is 4.60. The molecule has 1 atom stereocenters. The van der Waals surface area contributed by atoms with E-state index in [2.05, 4.69) is 10.3 Å². The van der Waals surface area contributed by atoms with Crippen LogP contribution in [0.5, 0.6) is 0 Å². The van der Waals surface area contributed by atoms with E-state index in [-0.39, 0.29) is 11.7 Å². The van der Waals surface area contributed by atoms with Crippen molar-refractivity contribution >= 4 is 21.6 Å². The first kappa shape index (κ1) is 18.8. The summed E-state index contributed by atoms with van der Waals surface area (Å²) < 4.78 is 40.4. The van der Waals surface area contributed by atoms with Crippen LogP contribution in [0.25, 0.3) is 0 Å². The van der Waals surface area contributed by atoms with E-state index < -0.39 is 10.2 Å². The Morgan fingerprint density at radius 1 is 1.19 bits per heavy atom. The molecule has 8 heteroatoms. The molecule has 1 N–H and O–H groups in total. The van der Waals surface area contributed by atoms with Gasteiger partial charge < -0.3 is 5.32 Å². The highest BCUT2D eigenvalue weighted by atomic mass is 32.2. The van der Waals surface area contributed by atoms with Crippen LogP contribution in [0.2, 0.25) is 0 Å². The van der Waals surface area contributed by atoms with Crippen molar-refractivity contribution < 1.29 is 12.8 Å². The van der Waals surface area contributed by atoms with Gasteiger partial charge in [0.25, 0.3) is 10.2 Å². The number of pyridine rings is 1. The summed E-state index contributed by atoms with van der Waals surface area (Å²) in [5.74, 6) is -0.228. The fraction of sp³-hybridized carbons (Fsp3) is 0.389. The fourth-order valence-corrected chi connectivity index (χ4v) is 4.25. The summed E-state index contributed by atoms with van der Waals surface area (Å²) in [7, 11) is -0.323. The van der Waals surface area contributed by atoms with Crippen molar-refractivity contribution in [3.8, 4) is 0 Å². The zero-order valence-electron chi connectivity index (χ0n) is 15.1. The summed E-state index contributed by atoms with van der Waals surface area (Å²) >= 11 is 0. The molecule has 0 amide bonds. The minimum atomic E-state index is -3.40. The van der Waals surface area contributed by atoms with Crippen molar-refractivity contribution in [1.29, 1.82) is 0 Å². The molecule has 1 saturated heterocycles. The van der Waals surface area contributed by atoms with Gasteiger partial charge >= 0.3 is 0 Å². The van der Waals surface area contributed by atoms with Crippen molar-refractivity contribution in [2.75, 3.05) is 32.5 Å². The zero-order valence-corrected chi connectivity index (χ0v) is 15.9. The first-order valence-corrected chi connectivity index (χ1v) is 9.84. The predicted molar refractivity (Wildman–Crippen MR) is 100 cm³/mol. The van der Waals surface area contributed by atoms with Gasteiger partial charge in [-0.1, -0.05) is 0 Å². The van der Waals surface area contributed by atoms with E-state index in [0.717, 1.165) is 29.2 Å². The molecule has 0 saturated carbocycles. The number of nitrogens with one attached hydrogen (secondary N) is 1. The number of rotatable bonds is 5.